The van der Waals surface area contributed by atoms with Crippen LogP contribution < -0.4 is 5.32 Å². The number of aromatic nitrogens is 2. The van der Waals surface area contributed by atoms with Crippen molar-refractivity contribution in [3.8, 4) is 6.07 Å². The molecule has 5 heteroatoms. The first-order valence-electron chi connectivity index (χ1n) is 6.65. The molecule has 1 fully saturated rings. The monoisotopic (exact) mass is 259 g/mol. The quantitative estimate of drug-likeness (QED) is 0.894. The Morgan fingerprint density at radius 2 is 2.00 bits per heavy atom. The molecule has 102 valence electrons. The van der Waals surface area contributed by atoms with Crippen LogP contribution >= 0.6 is 0 Å². The zero-order chi connectivity index (χ0) is 14.0. The van der Waals surface area contributed by atoms with Crippen LogP contribution in [0.25, 0.3) is 0 Å². The molecule has 1 N–H and O–H groups in total. The van der Waals surface area contributed by atoms with Crippen molar-refractivity contribution in [1.82, 2.24) is 15.1 Å². The molecule has 19 heavy (non-hydrogen) atoms. The van der Waals surface area contributed by atoms with Crippen LogP contribution in [0.4, 0.5) is 5.82 Å². The second-order valence-corrected chi connectivity index (χ2v) is 5.57. The fraction of sp³-hybridized carbons (Fsp3) is 0.643. The van der Waals surface area contributed by atoms with Crippen LogP contribution in [0.5, 0.6) is 0 Å². The van der Waals surface area contributed by atoms with Crippen LogP contribution in [-0.2, 0) is 0 Å². The van der Waals surface area contributed by atoms with Crippen molar-refractivity contribution in [3.63, 3.8) is 0 Å². The first-order chi connectivity index (χ1) is 9.00. The van der Waals surface area contributed by atoms with E-state index in [0.717, 1.165) is 17.8 Å². The lowest BCUT2D eigenvalue weighted by atomic mass is 9.75. The number of nitrogens with zero attached hydrogens (tertiary/aromatic N) is 4. The first-order valence-corrected chi connectivity index (χ1v) is 6.65. The molecule has 0 unspecified atom stereocenters. The minimum Gasteiger partial charge on any atom is -0.366 e. The van der Waals surface area contributed by atoms with Gasteiger partial charge in [0.25, 0.3) is 0 Å². The van der Waals surface area contributed by atoms with Crippen molar-refractivity contribution in [2.45, 2.75) is 38.6 Å². The van der Waals surface area contributed by atoms with Gasteiger partial charge in [0, 0.05) is 12.1 Å². The Balaban J connectivity index is 2.17. The van der Waals surface area contributed by atoms with Gasteiger partial charge in [-0.25, -0.2) is 0 Å². The van der Waals surface area contributed by atoms with Crippen LogP contribution in [-0.4, -0.2) is 41.3 Å². The fourth-order valence-corrected chi connectivity index (χ4v) is 2.48. The van der Waals surface area contributed by atoms with Gasteiger partial charge in [-0.1, -0.05) is 0 Å². The third-order valence-corrected chi connectivity index (χ3v) is 4.38. The largest absolute Gasteiger partial charge is 0.366 e. The molecule has 0 amide bonds. The average Bonchev–Trinajstić information content (AvgIpc) is 2.32. The van der Waals surface area contributed by atoms with E-state index in [2.05, 4.69) is 40.6 Å². The summed E-state index contributed by atoms with van der Waals surface area (Å²) in [6.45, 7) is 4.60. The van der Waals surface area contributed by atoms with E-state index in [1.165, 1.54) is 19.3 Å². The van der Waals surface area contributed by atoms with Crippen molar-refractivity contribution in [3.05, 3.63) is 16.8 Å². The minimum atomic E-state index is 0.202. The number of hydrogen-bond acceptors (Lipinski definition) is 5. The molecule has 0 saturated heterocycles. The van der Waals surface area contributed by atoms with Crippen LogP contribution in [0, 0.1) is 25.2 Å². The number of hydrogen-bond donors (Lipinski definition) is 1. The number of likely N-dealkylation sites (N-methyl/N-ethyl adjacent to an activating group) is 1. The zero-order valence-corrected chi connectivity index (χ0v) is 12.1. The number of rotatable bonds is 4. The van der Waals surface area contributed by atoms with Crippen molar-refractivity contribution < 1.29 is 0 Å². The molecule has 0 radical (unpaired) electrons. The van der Waals surface area contributed by atoms with Crippen LogP contribution in [0.3, 0.4) is 0 Å². The number of nitriles is 1. The maximum Gasteiger partial charge on any atom is 0.166 e. The van der Waals surface area contributed by atoms with Gasteiger partial charge in [-0.05, 0) is 52.8 Å². The summed E-state index contributed by atoms with van der Waals surface area (Å²) < 4.78 is 0. The summed E-state index contributed by atoms with van der Waals surface area (Å²) in [6.07, 6.45) is 3.64. The van der Waals surface area contributed by atoms with E-state index in [0.29, 0.717) is 11.4 Å². The lowest BCUT2D eigenvalue weighted by Gasteiger charge is -2.47. The summed E-state index contributed by atoms with van der Waals surface area (Å²) >= 11 is 0. The molecular formula is C14H21N5. The van der Waals surface area contributed by atoms with E-state index < -0.39 is 0 Å². The Kier molecular flexibility index (Phi) is 3.72. The summed E-state index contributed by atoms with van der Waals surface area (Å²) in [5.74, 6) is 0.610. The molecule has 0 aliphatic heterocycles. The molecule has 1 aliphatic rings. The molecule has 2 rings (SSSR count). The van der Waals surface area contributed by atoms with Gasteiger partial charge in [0.05, 0.1) is 5.69 Å². The van der Waals surface area contributed by atoms with E-state index in [4.69, 9.17) is 0 Å². The van der Waals surface area contributed by atoms with Gasteiger partial charge in [-0.15, -0.1) is 5.10 Å². The summed E-state index contributed by atoms with van der Waals surface area (Å²) in [5.41, 5.74) is 2.54. The van der Waals surface area contributed by atoms with Gasteiger partial charge >= 0.3 is 0 Å². The highest BCUT2D eigenvalue weighted by molar-refractivity contribution is 5.56. The van der Waals surface area contributed by atoms with Crippen LogP contribution in [0.2, 0.25) is 0 Å². The molecule has 1 aromatic rings. The molecule has 0 atom stereocenters. The Morgan fingerprint density at radius 3 is 2.47 bits per heavy atom. The predicted molar refractivity (Wildman–Crippen MR) is 75.0 cm³/mol. The molecule has 0 spiro atoms. The number of nitrogens with one attached hydrogen (secondary N) is 1. The molecule has 1 aliphatic carbocycles. The van der Waals surface area contributed by atoms with Gasteiger partial charge < -0.3 is 10.2 Å². The topological polar surface area (TPSA) is 64.8 Å². The smallest absolute Gasteiger partial charge is 0.166 e. The summed E-state index contributed by atoms with van der Waals surface area (Å²) in [6, 6.07) is 2.23. The highest BCUT2D eigenvalue weighted by Crippen LogP contribution is 2.36. The lowest BCUT2D eigenvalue weighted by molar-refractivity contribution is 0.0738. The SMILES string of the molecule is Cc1nnc(NCC2(N(C)C)CCC2)c(C#N)c1C. The van der Waals surface area contributed by atoms with Gasteiger partial charge in [-0.3, -0.25) is 0 Å². The molecular weight excluding hydrogens is 238 g/mol. The average molecular weight is 259 g/mol. The van der Waals surface area contributed by atoms with Gasteiger partial charge in [-0.2, -0.15) is 10.4 Å². The standard InChI is InChI=1S/C14H21N5/c1-10-11(2)17-18-13(12(10)8-15)16-9-14(19(3)4)6-5-7-14/h5-7,9H2,1-4H3,(H,16,18). The van der Waals surface area contributed by atoms with Crippen LogP contribution in [0.15, 0.2) is 0 Å². The molecule has 1 heterocycles. The molecule has 1 aromatic heterocycles. The van der Waals surface area contributed by atoms with Crippen molar-refractivity contribution in [2.75, 3.05) is 26.0 Å². The van der Waals surface area contributed by atoms with E-state index >= 15 is 0 Å². The third-order valence-electron chi connectivity index (χ3n) is 4.38. The van der Waals surface area contributed by atoms with Gasteiger partial charge in [0.15, 0.2) is 5.82 Å². The summed E-state index contributed by atoms with van der Waals surface area (Å²) in [5, 5.41) is 20.8. The highest BCUT2D eigenvalue weighted by atomic mass is 15.2. The minimum absolute atomic E-state index is 0.202. The Hall–Kier alpha value is -1.67. The van der Waals surface area contributed by atoms with Gasteiger partial charge in [0.2, 0.25) is 0 Å². The molecule has 5 nitrogen and oxygen atoms in total. The third kappa shape index (κ3) is 2.41. The fourth-order valence-electron chi connectivity index (χ4n) is 2.48. The van der Waals surface area contributed by atoms with E-state index in [1.807, 2.05) is 13.8 Å². The Labute approximate surface area is 114 Å². The predicted octanol–water partition coefficient (Wildman–Crippen LogP) is 1.86. The number of anilines is 1. The summed E-state index contributed by atoms with van der Waals surface area (Å²) in [4.78, 5) is 2.27. The zero-order valence-electron chi connectivity index (χ0n) is 12.1. The van der Waals surface area contributed by atoms with Crippen molar-refractivity contribution in [1.29, 1.82) is 5.26 Å². The second-order valence-electron chi connectivity index (χ2n) is 5.57. The Bertz CT molecular complexity index is 511. The van der Waals surface area contributed by atoms with E-state index in [-0.39, 0.29) is 5.54 Å². The van der Waals surface area contributed by atoms with Crippen molar-refractivity contribution >= 4 is 5.82 Å². The van der Waals surface area contributed by atoms with Crippen LogP contribution in [0.1, 0.15) is 36.1 Å². The molecule has 0 aromatic carbocycles. The number of aryl methyl sites for hydroxylation is 1. The molecule has 1 saturated carbocycles. The second kappa shape index (κ2) is 5.14. The normalized spacial score (nSPS) is 16.8. The van der Waals surface area contributed by atoms with E-state index in [9.17, 15) is 5.26 Å². The summed E-state index contributed by atoms with van der Waals surface area (Å²) in [7, 11) is 4.22. The Morgan fingerprint density at radius 1 is 1.32 bits per heavy atom. The van der Waals surface area contributed by atoms with Crippen molar-refractivity contribution in [2.24, 2.45) is 0 Å². The first kappa shape index (κ1) is 13.8. The van der Waals surface area contributed by atoms with E-state index in [1.54, 1.807) is 0 Å². The maximum absolute atomic E-state index is 9.27. The maximum atomic E-state index is 9.27. The molecule has 0 bridgehead atoms. The van der Waals surface area contributed by atoms with Gasteiger partial charge in [0.1, 0.15) is 11.6 Å². The lowest BCUT2D eigenvalue weighted by Crippen LogP contribution is -2.54. The highest BCUT2D eigenvalue weighted by Gasteiger charge is 2.39.